The van der Waals surface area contributed by atoms with Gasteiger partial charge in [-0.1, -0.05) is 23.2 Å². The maximum atomic E-state index is 5.87. The molecule has 18 heavy (non-hydrogen) atoms. The van der Waals surface area contributed by atoms with Crippen LogP contribution in [0.25, 0.3) is 0 Å². The number of ether oxygens (including phenoxy) is 1. The maximum Gasteiger partial charge on any atom is 0.238 e. The van der Waals surface area contributed by atoms with Crippen molar-refractivity contribution >= 4 is 23.2 Å². The highest BCUT2D eigenvalue weighted by Crippen LogP contribution is 2.27. The molecule has 0 bridgehead atoms. The van der Waals surface area contributed by atoms with E-state index in [1.807, 2.05) is 13.1 Å². The molecule has 0 aliphatic carbocycles. The van der Waals surface area contributed by atoms with Gasteiger partial charge in [-0.3, -0.25) is 0 Å². The zero-order chi connectivity index (χ0) is 13.0. The van der Waals surface area contributed by atoms with Crippen molar-refractivity contribution in [3.63, 3.8) is 0 Å². The van der Waals surface area contributed by atoms with Gasteiger partial charge in [0.1, 0.15) is 5.75 Å². The second kappa shape index (κ2) is 6.00. The largest absolute Gasteiger partial charge is 0.437 e. The van der Waals surface area contributed by atoms with Gasteiger partial charge in [0.15, 0.2) is 0 Å². The van der Waals surface area contributed by atoms with E-state index in [1.165, 1.54) is 0 Å². The summed E-state index contributed by atoms with van der Waals surface area (Å²) in [6.45, 7) is 0.663. The molecule has 6 heteroatoms. The standard InChI is InChI=1S/C12H11Cl2N3O/c1-15-7-10-2-3-12(17-16-10)18-11-5-8(13)4-9(14)6-11/h2-6,15H,7H2,1H3. The Kier molecular flexibility index (Phi) is 4.36. The van der Waals surface area contributed by atoms with Crippen molar-refractivity contribution in [3.05, 3.63) is 46.1 Å². The molecule has 1 heterocycles. The molecule has 4 nitrogen and oxygen atoms in total. The average Bonchev–Trinajstić information content (AvgIpc) is 2.31. The van der Waals surface area contributed by atoms with Gasteiger partial charge < -0.3 is 10.1 Å². The lowest BCUT2D eigenvalue weighted by Gasteiger charge is -2.05. The van der Waals surface area contributed by atoms with Crippen LogP contribution in [0.2, 0.25) is 10.0 Å². The Morgan fingerprint density at radius 1 is 1.11 bits per heavy atom. The van der Waals surface area contributed by atoms with E-state index in [-0.39, 0.29) is 0 Å². The van der Waals surface area contributed by atoms with Crippen LogP contribution in [-0.4, -0.2) is 17.2 Å². The Hall–Kier alpha value is -1.36. The first-order chi connectivity index (χ1) is 8.67. The van der Waals surface area contributed by atoms with Crippen LogP contribution in [-0.2, 0) is 6.54 Å². The predicted molar refractivity (Wildman–Crippen MR) is 71.3 cm³/mol. The number of hydrogen-bond donors (Lipinski definition) is 1. The number of aromatic nitrogens is 2. The normalized spacial score (nSPS) is 10.4. The number of nitrogens with zero attached hydrogens (tertiary/aromatic N) is 2. The molecule has 1 aromatic heterocycles. The number of hydrogen-bond acceptors (Lipinski definition) is 4. The summed E-state index contributed by atoms with van der Waals surface area (Å²) in [5.74, 6) is 0.927. The van der Waals surface area contributed by atoms with E-state index in [4.69, 9.17) is 27.9 Å². The van der Waals surface area contributed by atoms with E-state index in [2.05, 4.69) is 15.5 Å². The van der Waals surface area contributed by atoms with Crippen molar-refractivity contribution in [2.45, 2.75) is 6.54 Å². The van der Waals surface area contributed by atoms with Gasteiger partial charge in [0, 0.05) is 22.7 Å². The van der Waals surface area contributed by atoms with Gasteiger partial charge in [-0.25, -0.2) is 0 Å². The first kappa shape index (κ1) is 13.1. The molecule has 0 saturated heterocycles. The van der Waals surface area contributed by atoms with E-state index in [1.54, 1.807) is 24.3 Å². The lowest BCUT2D eigenvalue weighted by Crippen LogP contribution is -2.07. The highest BCUT2D eigenvalue weighted by molar-refractivity contribution is 6.34. The molecule has 0 fully saturated rings. The third kappa shape index (κ3) is 3.57. The Morgan fingerprint density at radius 2 is 1.83 bits per heavy atom. The van der Waals surface area contributed by atoms with E-state index in [0.29, 0.717) is 28.2 Å². The van der Waals surface area contributed by atoms with E-state index in [0.717, 1.165) is 5.69 Å². The molecule has 0 amide bonds. The monoisotopic (exact) mass is 283 g/mol. The zero-order valence-electron chi connectivity index (χ0n) is 9.65. The minimum absolute atomic E-state index is 0.396. The van der Waals surface area contributed by atoms with E-state index >= 15 is 0 Å². The van der Waals surface area contributed by atoms with Gasteiger partial charge in [0.25, 0.3) is 0 Å². The molecule has 0 aliphatic rings. The van der Waals surface area contributed by atoms with Crippen LogP contribution >= 0.6 is 23.2 Å². The second-order valence-corrected chi connectivity index (χ2v) is 4.47. The van der Waals surface area contributed by atoms with Crippen molar-refractivity contribution in [2.24, 2.45) is 0 Å². The summed E-state index contributed by atoms with van der Waals surface area (Å²) in [7, 11) is 1.85. The van der Waals surface area contributed by atoms with Crippen molar-refractivity contribution < 1.29 is 4.74 Å². The van der Waals surface area contributed by atoms with E-state index in [9.17, 15) is 0 Å². The first-order valence-electron chi connectivity index (χ1n) is 5.28. The lowest BCUT2D eigenvalue weighted by atomic mass is 10.3. The lowest BCUT2D eigenvalue weighted by molar-refractivity contribution is 0.453. The zero-order valence-corrected chi connectivity index (χ0v) is 11.2. The predicted octanol–water partition coefficient (Wildman–Crippen LogP) is 3.30. The molecule has 2 aromatic rings. The minimum Gasteiger partial charge on any atom is -0.437 e. The smallest absolute Gasteiger partial charge is 0.238 e. The minimum atomic E-state index is 0.396. The fourth-order valence-corrected chi connectivity index (χ4v) is 1.89. The van der Waals surface area contributed by atoms with Gasteiger partial charge in [-0.15, -0.1) is 5.10 Å². The number of benzene rings is 1. The van der Waals surface area contributed by atoms with Crippen LogP contribution in [0.4, 0.5) is 0 Å². The number of rotatable bonds is 4. The summed E-state index contributed by atoms with van der Waals surface area (Å²) >= 11 is 11.7. The topological polar surface area (TPSA) is 47.0 Å². The molecular weight excluding hydrogens is 273 g/mol. The SMILES string of the molecule is CNCc1ccc(Oc2cc(Cl)cc(Cl)c2)nn1. The third-order valence-electron chi connectivity index (χ3n) is 2.11. The fraction of sp³-hybridized carbons (Fsp3) is 0.167. The molecule has 0 atom stereocenters. The molecule has 1 aromatic carbocycles. The summed E-state index contributed by atoms with van der Waals surface area (Å²) in [5.41, 5.74) is 0.842. The molecule has 94 valence electrons. The first-order valence-corrected chi connectivity index (χ1v) is 6.04. The van der Waals surface area contributed by atoms with Crippen molar-refractivity contribution in [1.29, 1.82) is 0 Å². The van der Waals surface area contributed by atoms with Crippen LogP contribution in [0.3, 0.4) is 0 Å². The number of halogens is 2. The molecule has 2 rings (SSSR count). The van der Waals surface area contributed by atoms with Gasteiger partial charge in [0.2, 0.25) is 5.88 Å². The van der Waals surface area contributed by atoms with Crippen LogP contribution in [0.1, 0.15) is 5.69 Å². The summed E-state index contributed by atoms with van der Waals surface area (Å²) in [4.78, 5) is 0. The van der Waals surface area contributed by atoms with Gasteiger partial charge in [0.05, 0.1) is 5.69 Å². The van der Waals surface area contributed by atoms with Gasteiger partial charge in [-0.2, -0.15) is 5.10 Å². The highest BCUT2D eigenvalue weighted by atomic mass is 35.5. The summed E-state index contributed by atoms with van der Waals surface area (Å²) < 4.78 is 5.51. The van der Waals surface area contributed by atoms with Crippen LogP contribution in [0.15, 0.2) is 30.3 Å². The van der Waals surface area contributed by atoms with Crippen molar-refractivity contribution in [3.8, 4) is 11.6 Å². The molecular formula is C12H11Cl2N3O. The Labute approximate surface area is 115 Å². The van der Waals surface area contributed by atoms with Gasteiger partial charge >= 0.3 is 0 Å². The Balaban J connectivity index is 2.13. The molecule has 0 radical (unpaired) electrons. The summed E-state index contributed by atoms with van der Waals surface area (Å²) in [6.07, 6.45) is 0. The second-order valence-electron chi connectivity index (χ2n) is 3.60. The molecule has 0 unspecified atom stereocenters. The Bertz CT molecular complexity index is 511. The maximum absolute atomic E-state index is 5.87. The molecule has 0 aliphatic heterocycles. The van der Waals surface area contributed by atoms with Crippen LogP contribution in [0, 0.1) is 0 Å². The van der Waals surface area contributed by atoms with Crippen molar-refractivity contribution in [1.82, 2.24) is 15.5 Å². The van der Waals surface area contributed by atoms with E-state index < -0.39 is 0 Å². The van der Waals surface area contributed by atoms with Crippen LogP contribution in [0.5, 0.6) is 11.6 Å². The molecule has 1 N–H and O–H groups in total. The van der Waals surface area contributed by atoms with Crippen molar-refractivity contribution in [2.75, 3.05) is 7.05 Å². The molecule has 0 saturated carbocycles. The number of nitrogens with one attached hydrogen (secondary N) is 1. The Morgan fingerprint density at radius 3 is 2.39 bits per heavy atom. The van der Waals surface area contributed by atoms with Gasteiger partial charge in [-0.05, 0) is 31.3 Å². The summed E-state index contributed by atoms with van der Waals surface area (Å²) in [5, 5.41) is 12.0. The quantitative estimate of drug-likeness (QED) is 0.935. The molecule has 0 spiro atoms. The van der Waals surface area contributed by atoms with Crippen LogP contribution < -0.4 is 10.1 Å². The highest BCUT2D eigenvalue weighted by Gasteiger charge is 2.03. The fourth-order valence-electron chi connectivity index (χ4n) is 1.39. The third-order valence-corrected chi connectivity index (χ3v) is 2.55. The summed E-state index contributed by atoms with van der Waals surface area (Å²) in [6, 6.07) is 8.55. The average molecular weight is 284 g/mol.